The monoisotopic (exact) mass is 247 g/mol. The lowest BCUT2D eigenvalue weighted by molar-refractivity contribution is 0.0579. The maximum absolute atomic E-state index is 6.46. The van der Waals surface area contributed by atoms with Crippen LogP contribution >= 0.6 is 0 Å². The normalized spacial score (nSPS) is 22.1. The van der Waals surface area contributed by atoms with E-state index in [1.165, 1.54) is 11.1 Å². The maximum Gasteiger partial charge on any atom is 0.127 e. The standard InChI is InChI=1S/C15H21NO2/c16-14(11-6-9-17-10-7-11)13-5-1-3-12-4-2-8-18-15(12)13/h1,3,5,11,14H,2,4,6-10,16H2. The lowest BCUT2D eigenvalue weighted by atomic mass is 9.86. The first kappa shape index (κ1) is 12.0. The Morgan fingerprint density at radius 1 is 1.17 bits per heavy atom. The quantitative estimate of drug-likeness (QED) is 0.873. The Hall–Kier alpha value is -1.06. The van der Waals surface area contributed by atoms with Gasteiger partial charge in [0.1, 0.15) is 5.75 Å². The van der Waals surface area contributed by atoms with Crippen LogP contribution in [0.4, 0.5) is 0 Å². The number of fused-ring (bicyclic) bond motifs is 1. The van der Waals surface area contributed by atoms with Gasteiger partial charge in [0.2, 0.25) is 0 Å². The third-order valence-corrected chi connectivity index (χ3v) is 4.10. The number of benzene rings is 1. The molecule has 0 aliphatic carbocycles. The number of para-hydroxylation sites is 1. The molecule has 1 unspecified atom stereocenters. The van der Waals surface area contributed by atoms with Crippen molar-refractivity contribution < 1.29 is 9.47 Å². The van der Waals surface area contributed by atoms with E-state index in [1.54, 1.807) is 0 Å². The number of aryl methyl sites for hydroxylation is 1. The summed E-state index contributed by atoms with van der Waals surface area (Å²) in [4.78, 5) is 0. The largest absolute Gasteiger partial charge is 0.493 e. The van der Waals surface area contributed by atoms with Crippen LogP contribution in [0.15, 0.2) is 18.2 Å². The van der Waals surface area contributed by atoms with Crippen molar-refractivity contribution in [1.29, 1.82) is 0 Å². The molecule has 0 amide bonds. The Morgan fingerprint density at radius 3 is 2.83 bits per heavy atom. The number of hydrogen-bond acceptors (Lipinski definition) is 3. The molecule has 0 spiro atoms. The Morgan fingerprint density at radius 2 is 2.00 bits per heavy atom. The van der Waals surface area contributed by atoms with Crippen LogP contribution in [0.3, 0.4) is 0 Å². The molecule has 3 nitrogen and oxygen atoms in total. The van der Waals surface area contributed by atoms with E-state index < -0.39 is 0 Å². The van der Waals surface area contributed by atoms with E-state index in [-0.39, 0.29) is 6.04 Å². The van der Waals surface area contributed by atoms with Crippen molar-refractivity contribution in [3.63, 3.8) is 0 Å². The fourth-order valence-electron chi connectivity index (χ4n) is 3.01. The van der Waals surface area contributed by atoms with Gasteiger partial charge < -0.3 is 15.2 Å². The van der Waals surface area contributed by atoms with Crippen molar-refractivity contribution in [2.24, 2.45) is 11.7 Å². The molecule has 1 aromatic carbocycles. The molecule has 0 radical (unpaired) electrons. The molecule has 3 rings (SSSR count). The van der Waals surface area contributed by atoms with E-state index in [2.05, 4.69) is 18.2 Å². The van der Waals surface area contributed by atoms with Gasteiger partial charge in [-0.15, -0.1) is 0 Å². The fourth-order valence-corrected chi connectivity index (χ4v) is 3.01. The van der Waals surface area contributed by atoms with Crippen LogP contribution in [-0.2, 0) is 11.2 Å². The number of rotatable bonds is 2. The molecule has 18 heavy (non-hydrogen) atoms. The molecular weight excluding hydrogens is 226 g/mol. The summed E-state index contributed by atoms with van der Waals surface area (Å²) in [6.07, 6.45) is 4.35. The molecule has 2 N–H and O–H groups in total. The van der Waals surface area contributed by atoms with Gasteiger partial charge >= 0.3 is 0 Å². The van der Waals surface area contributed by atoms with Crippen molar-refractivity contribution >= 4 is 0 Å². The van der Waals surface area contributed by atoms with Gasteiger partial charge in [-0.25, -0.2) is 0 Å². The highest BCUT2D eigenvalue weighted by Gasteiger charge is 2.26. The third-order valence-electron chi connectivity index (χ3n) is 4.10. The molecule has 2 heterocycles. The number of ether oxygens (including phenoxy) is 2. The average molecular weight is 247 g/mol. The van der Waals surface area contributed by atoms with Crippen molar-refractivity contribution in [3.05, 3.63) is 29.3 Å². The number of hydrogen-bond donors (Lipinski definition) is 1. The minimum Gasteiger partial charge on any atom is -0.493 e. The SMILES string of the molecule is NC(c1cccc2c1OCCC2)C1CCOCC1. The summed E-state index contributed by atoms with van der Waals surface area (Å²) in [5.74, 6) is 1.58. The molecule has 2 aliphatic heterocycles. The van der Waals surface area contributed by atoms with Gasteiger partial charge in [-0.2, -0.15) is 0 Å². The van der Waals surface area contributed by atoms with Crippen LogP contribution in [0, 0.1) is 5.92 Å². The Bertz CT molecular complexity index is 413. The molecular formula is C15H21NO2. The topological polar surface area (TPSA) is 44.5 Å². The maximum atomic E-state index is 6.46. The lowest BCUT2D eigenvalue weighted by Crippen LogP contribution is -2.28. The molecule has 98 valence electrons. The van der Waals surface area contributed by atoms with E-state index in [0.29, 0.717) is 5.92 Å². The van der Waals surface area contributed by atoms with Gasteiger partial charge in [0.15, 0.2) is 0 Å². The summed E-state index contributed by atoms with van der Waals surface area (Å²) in [5.41, 5.74) is 8.97. The van der Waals surface area contributed by atoms with Crippen LogP contribution in [0.25, 0.3) is 0 Å². The predicted molar refractivity (Wildman–Crippen MR) is 70.7 cm³/mol. The van der Waals surface area contributed by atoms with Crippen LogP contribution in [0.5, 0.6) is 5.75 Å². The van der Waals surface area contributed by atoms with E-state index in [1.807, 2.05) is 0 Å². The molecule has 1 fully saturated rings. The molecule has 0 bridgehead atoms. The predicted octanol–water partition coefficient (Wildman–Crippen LogP) is 2.44. The first-order valence-corrected chi connectivity index (χ1v) is 6.94. The third kappa shape index (κ3) is 2.25. The Labute approximate surface area is 108 Å². The zero-order chi connectivity index (χ0) is 12.4. The van der Waals surface area contributed by atoms with Gasteiger partial charge in [-0.1, -0.05) is 18.2 Å². The van der Waals surface area contributed by atoms with Crippen molar-refractivity contribution in [2.45, 2.75) is 31.7 Å². The second-order valence-corrected chi connectivity index (χ2v) is 5.26. The van der Waals surface area contributed by atoms with E-state index in [0.717, 1.165) is 51.3 Å². The molecule has 1 aromatic rings. The van der Waals surface area contributed by atoms with Crippen LogP contribution in [-0.4, -0.2) is 19.8 Å². The van der Waals surface area contributed by atoms with E-state index >= 15 is 0 Å². The molecule has 1 saturated heterocycles. The zero-order valence-electron chi connectivity index (χ0n) is 10.7. The Kier molecular flexibility index (Phi) is 3.52. The lowest BCUT2D eigenvalue weighted by Gasteiger charge is -2.30. The summed E-state index contributed by atoms with van der Waals surface area (Å²) < 4.78 is 11.3. The fraction of sp³-hybridized carbons (Fsp3) is 0.600. The second kappa shape index (κ2) is 5.29. The highest BCUT2D eigenvalue weighted by atomic mass is 16.5. The summed E-state index contributed by atoms with van der Waals surface area (Å²) >= 11 is 0. The molecule has 3 heteroatoms. The molecule has 1 atom stereocenters. The minimum atomic E-state index is 0.0851. The van der Waals surface area contributed by atoms with Gasteiger partial charge in [-0.3, -0.25) is 0 Å². The summed E-state index contributed by atoms with van der Waals surface area (Å²) in [5, 5.41) is 0. The molecule has 2 aliphatic rings. The van der Waals surface area contributed by atoms with Crippen LogP contribution in [0.1, 0.15) is 36.4 Å². The first-order chi connectivity index (χ1) is 8.86. The molecule has 0 saturated carbocycles. The zero-order valence-corrected chi connectivity index (χ0v) is 10.7. The first-order valence-electron chi connectivity index (χ1n) is 6.94. The summed E-state index contributed by atoms with van der Waals surface area (Å²) in [7, 11) is 0. The minimum absolute atomic E-state index is 0.0851. The highest BCUT2D eigenvalue weighted by molar-refractivity contribution is 5.44. The second-order valence-electron chi connectivity index (χ2n) is 5.26. The van der Waals surface area contributed by atoms with Crippen molar-refractivity contribution in [3.8, 4) is 5.75 Å². The van der Waals surface area contributed by atoms with Gasteiger partial charge in [-0.05, 0) is 37.2 Å². The Balaban J connectivity index is 1.86. The number of nitrogens with two attached hydrogens (primary N) is 1. The van der Waals surface area contributed by atoms with E-state index in [9.17, 15) is 0 Å². The average Bonchev–Trinajstić information content (AvgIpc) is 2.47. The van der Waals surface area contributed by atoms with Gasteiger partial charge in [0, 0.05) is 24.8 Å². The van der Waals surface area contributed by atoms with Crippen molar-refractivity contribution in [2.75, 3.05) is 19.8 Å². The molecule has 0 aromatic heterocycles. The van der Waals surface area contributed by atoms with Crippen LogP contribution in [0.2, 0.25) is 0 Å². The summed E-state index contributed by atoms with van der Waals surface area (Å²) in [6.45, 7) is 2.51. The summed E-state index contributed by atoms with van der Waals surface area (Å²) in [6, 6.07) is 6.49. The van der Waals surface area contributed by atoms with E-state index in [4.69, 9.17) is 15.2 Å². The highest BCUT2D eigenvalue weighted by Crippen LogP contribution is 2.37. The van der Waals surface area contributed by atoms with Gasteiger partial charge in [0.05, 0.1) is 6.61 Å². The van der Waals surface area contributed by atoms with Crippen LogP contribution < -0.4 is 10.5 Å². The van der Waals surface area contributed by atoms with Gasteiger partial charge in [0.25, 0.3) is 0 Å². The van der Waals surface area contributed by atoms with Crippen molar-refractivity contribution in [1.82, 2.24) is 0 Å². The smallest absolute Gasteiger partial charge is 0.127 e.